The summed E-state index contributed by atoms with van der Waals surface area (Å²) in [5.41, 5.74) is 0.158. The zero-order chi connectivity index (χ0) is 22.9. The van der Waals surface area contributed by atoms with Gasteiger partial charge in [-0.2, -0.15) is 18.3 Å². The standard InChI is InChI=1S/C20H16F3N7O2/c1-30-16-14(17(29-30)28-18(31)12-4-2-3-5-12)26-10-27-15(16)19(32)25-9-11-6-7-24-13(8-11)20(21,22)23/h2,4-8,10H,3,9H2,1H3,(H,25,32)(H,28,29,31). The third-order valence-corrected chi connectivity index (χ3v) is 4.67. The van der Waals surface area contributed by atoms with E-state index >= 15 is 0 Å². The highest BCUT2D eigenvalue weighted by Gasteiger charge is 2.32. The van der Waals surface area contributed by atoms with Gasteiger partial charge < -0.3 is 10.6 Å². The summed E-state index contributed by atoms with van der Waals surface area (Å²) in [7, 11) is 1.56. The van der Waals surface area contributed by atoms with Gasteiger partial charge in [-0.1, -0.05) is 18.2 Å². The summed E-state index contributed by atoms with van der Waals surface area (Å²) in [6.45, 7) is -0.169. The first-order valence-corrected chi connectivity index (χ1v) is 9.40. The highest BCUT2D eigenvalue weighted by Crippen LogP contribution is 2.28. The van der Waals surface area contributed by atoms with Crippen LogP contribution in [0.4, 0.5) is 19.0 Å². The Hall–Kier alpha value is -4.09. The summed E-state index contributed by atoms with van der Waals surface area (Å²) in [5, 5.41) is 9.42. The predicted octanol–water partition coefficient (Wildman–Crippen LogP) is 2.53. The fraction of sp³-hybridized carbons (Fsp3) is 0.200. The van der Waals surface area contributed by atoms with Crippen LogP contribution in [0.5, 0.6) is 0 Å². The molecular weight excluding hydrogens is 427 g/mol. The Morgan fingerprint density at radius 2 is 2.00 bits per heavy atom. The quantitative estimate of drug-likeness (QED) is 0.626. The number of hydrogen-bond acceptors (Lipinski definition) is 6. The molecule has 0 radical (unpaired) electrons. The van der Waals surface area contributed by atoms with Crippen LogP contribution in [0.3, 0.4) is 0 Å². The highest BCUT2D eigenvalue weighted by molar-refractivity contribution is 6.11. The molecule has 1 aliphatic rings. The summed E-state index contributed by atoms with van der Waals surface area (Å²) >= 11 is 0. The van der Waals surface area contributed by atoms with E-state index in [9.17, 15) is 22.8 Å². The zero-order valence-electron chi connectivity index (χ0n) is 16.6. The first kappa shape index (κ1) is 21.2. The average molecular weight is 443 g/mol. The summed E-state index contributed by atoms with van der Waals surface area (Å²) in [6, 6.07) is 2.23. The lowest BCUT2D eigenvalue weighted by atomic mass is 10.2. The third-order valence-electron chi connectivity index (χ3n) is 4.67. The monoisotopic (exact) mass is 443 g/mol. The van der Waals surface area contributed by atoms with Gasteiger partial charge in [-0.15, -0.1) is 0 Å². The van der Waals surface area contributed by atoms with E-state index in [1.54, 1.807) is 19.2 Å². The highest BCUT2D eigenvalue weighted by atomic mass is 19.4. The number of anilines is 1. The van der Waals surface area contributed by atoms with Gasteiger partial charge in [0.1, 0.15) is 23.1 Å². The number of carbonyl (C=O) groups is 2. The molecule has 0 atom stereocenters. The molecule has 0 spiro atoms. The van der Waals surface area contributed by atoms with Gasteiger partial charge in [0.05, 0.1) is 0 Å². The van der Waals surface area contributed by atoms with Crippen molar-refractivity contribution in [1.82, 2.24) is 30.0 Å². The average Bonchev–Trinajstić information content (AvgIpc) is 3.40. The fourth-order valence-electron chi connectivity index (χ4n) is 3.17. The molecule has 0 saturated heterocycles. The zero-order valence-corrected chi connectivity index (χ0v) is 16.6. The molecule has 0 saturated carbocycles. The van der Waals surface area contributed by atoms with Crippen LogP contribution < -0.4 is 10.6 Å². The Morgan fingerprint density at radius 3 is 2.72 bits per heavy atom. The largest absolute Gasteiger partial charge is 0.433 e. The van der Waals surface area contributed by atoms with E-state index in [0.717, 1.165) is 18.6 Å². The summed E-state index contributed by atoms with van der Waals surface area (Å²) in [6.07, 6.45) is 3.56. The minimum absolute atomic E-state index is 0.0319. The molecule has 2 amide bonds. The van der Waals surface area contributed by atoms with Crippen LogP contribution in [0.1, 0.15) is 28.2 Å². The number of aryl methyl sites for hydroxylation is 1. The lowest BCUT2D eigenvalue weighted by Crippen LogP contribution is -2.25. The van der Waals surface area contributed by atoms with Crippen molar-refractivity contribution in [3.05, 3.63) is 65.4 Å². The van der Waals surface area contributed by atoms with Crippen molar-refractivity contribution in [2.45, 2.75) is 19.1 Å². The summed E-state index contributed by atoms with van der Waals surface area (Å²) in [5.74, 6) is -0.833. The molecule has 0 aromatic carbocycles. The number of rotatable bonds is 5. The van der Waals surface area contributed by atoms with E-state index in [-0.39, 0.29) is 40.6 Å². The van der Waals surface area contributed by atoms with E-state index in [1.807, 2.05) is 6.08 Å². The predicted molar refractivity (Wildman–Crippen MR) is 107 cm³/mol. The number of amides is 2. The Kier molecular flexibility index (Phi) is 5.43. The molecule has 0 aliphatic heterocycles. The van der Waals surface area contributed by atoms with Crippen molar-refractivity contribution in [3.8, 4) is 0 Å². The number of aromatic nitrogens is 5. The van der Waals surface area contributed by atoms with Gasteiger partial charge in [-0.3, -0.25) is 19.3 Å². The number of fused-ring (bicyclic) bond motifs is 1. The maximum absolute atomic E-state index is 12.8. The van der Waals surface area contributed by atoms with Crippen LogP contribution in [0.15, 0.2) is 48.5 Å². The van der Waals surface area contributed by atoms with Crippen LogP contribution >= 0.6 is 0 Å². The molecule has 2 N–H and O–H groups in total. The topological polar surface area (TPSA) is 115 Å². The molecule has 4 rings (SSSR count). The lowest BCUT2D eigenvalue weighted by molar-refractivity contribution is -0.141. The van der Waals surface area contributed by atoms with Crippen molar-refractivity contribution in [3.63, 3.8) is 0 Å². The van der Waals surface area contributed by atoms with Gasteiger partial charge in [0, 0.05) is 25.4 Å². The minimum Gasteiger partial charge on any atom is -0.347 e. The van der Waals surface area contributed by atoms with Gasteiger partial charge in [0.15, 0.2) is 11.5 Å². The number of allylic oxidation sites excluding steroid dienone is 2. The molecule has 0 bridgehead atoms. The van der Waals surface area contributed by atoms with Crippen molar-refractivity contribution in [2.75, 3.05) is 5.32 Å². The maximum Gasteiger partial charge on any atom is 0.433 e. The first-order valence-electron chi connectivity index (χ1n) is 9.40. The number of nitrogens with zero attached hydrogens (tertiary/aromatic N) is 5. The van der Waals surface area contributed by atoms with Gasteiger partial charge in [0.2, 0.25) is 0 Å². The van der Waals surface area contributed by atoms with Gasteiger partial charge in [0.25, 0.3) is 11.8 Å². The van der Waals surface area contributed by atoms with E-state index in [1.165, 1.54) is 10.7 Å². The smallest absolute Gasteiger partial charge is 0.347 e. The second-order valence-corrected chi connectivity index (χ2v) is 6.87. The fourth-order valence-corrected chi connectivity index (χ4v) is 3.17. The van der Waals surface area contributed by atoms with E-state index in [2.05, 4.69) is 30.7 Å². The number of pyridine rings is 1. The number of nitrogens with one attached hydrogen (secondary N) is 2. The van der Waals surface area contributed by atoms with Crippen LogP contribution in [0.25, 0.3) is 11.0 Å². The summed E-state index contributed by atoms with van der Waals surface area (Å²) < 4.78 is 39.8. The molecular formula is C20H16F3N7O2. The lowest BCUT2D eigenvalue weighted by Gasteiger charge is -2.09. The molecule has 32 heavy (non-hydrogen) atoms. The Balaban J connectivity index is 1.55. The van der Waals surface area contributed by atoms with Crippen LogP contribution in [-0.4, -0.2) is 36.5 Å². The molecule has 12 heteroatoms. The Bertz CT molecular complexity index is 1280. The molecule has 164 valence electrons. The molecule has 1 aliphatic carbocycles. The molecule has 3 aromatic heterocycles. The number of hydrogen-bond donors (Lipinski definition) is 2. The van der Waals surface area contributed by atoms with Crippen molar-refractivity contribution >= 4 is 28.7 Å². The Labute approximate surface area is 179 Å². The normalized spacial score (nSPS) is 13.3. The van der Waals surface area contributed by atoms with Crippen LogP contribution in [-0.2, 0) is 24.6 Å². The number of alkyl halides is 3. The van der Waals surface area contributed by atoms with Crippen molar-refractivity contribution in [2.24, 2.45) is 7.05 Å². The summed E-state index contributed by atoms with van der Waals surface area (Å²) in [4.78, 5) is 36.5. The molecule has 9 nitrogen and oxygen atoms in total. The molecule has 0 unspecified atom stereocenters. The van der Waals surface area contributed by atoms with Gasteiger partial charge in [-0.25, -0.2) is 9.97 Å². The van der Waals surface area contributed by atoms with Crippen molar-refractivity contribution < 1.29 is 22.8 Å². The maximum atomic E-state index is 12.8. The number of carbonyl (C=O) groups excluding carboxylic acids is 2. The third kappa shape index (κ3) is 4.19. The number of halogens is 3. The second-order valence-electron chi connectivity index (χ2n) is 6.87. The Morgan fingerprint density at radius 1 is 1.19 bits per heavy atom. The molecule has 3 aromatic rings. The van der Waals surface area contributed by atoms with Crippen LogP contribution in [0, 0.1) is 0 Å². The van der Waals surface area contributed by atoms with Gasteiger partial charge >= 0.3 is 6.18 Å². The minimum atomic E-state index is -4.58. The first-order chi connectivity index (χ1) is 15.2. The molecule has 3 heterocycles. The second kappa shape index (κ2) is 8.21. The van der Waals surface area contributed by atoms with Gasteiger partial charge in [-0.05, 0) is 24.1 Å². The van der Waals surface area contributed by atoms with E-state index in [0.29, 0.717) is 12.0 Å². The SMILES string of the molecule is Cn1nc(NC(=O)C2=CCC=C2)c2ncnc(C(=O)NCc3ccnc(C(F)(F)F)c3)c21. The van der Waals surface area contributed by atoms with E-state index in [4.69, 9.17) is 0 Å². The van der Waals surface area contributed by atoms with Crippen molar-refractivity contribution in [1.29, 1.82) is 0 Å². The van der Waals surface area contributed by atoms with Crippen LogP contribution in [0.2, 0.25) is 0 Å². The van der Waals surface area contributed by atoms with E-state index < -0.39 is 17.8 Å². The molecule has 0 fully saturated rings.